The highest BCUT2D eigenvalue weighted by Crippen LogP contribution is 2.23. The predicted octanol–water partition coefficient (Wildman–Crippen LogP) is 2.79. The number of nitrogens with two attached hydrogens (primary N) is 1. The van der Waals surface area contributed by atoms with Gasteiger partial charge in [0.05, 0.1) is 12.3 Å². The predicted molar refractivity (Wildman–Crippen MR) is 111 cm³/mol. The maximum Gasteiger partial charge on any atom is 0.251 e. The number of amides is 3. The molecule has 0 spiro atoms. The molecule has 7 heteroatoms. The summed E-state index contributed by atoms with van der Waals surface area (Å²) in [7, 11) is 0. The summed E-state index contributed by atoms with van der Waals surface area (Å²) in [5.41, 5.74) is 5.86. The van der Waals surface area contributed by atoms with Gasteiger partial charge in [0.15, 0.2) is 0 Å². The number of fused-ring (bicyclic) bond motifs is 1. The van der Waals surface area contributed by atoms with Crippen LogP contribution in [-0.4, -0.2) is 30.0 Å². The molecule has 0 aliphatic carbocycles. The largest absolute Gasteiger partial charge is 0.368 e. The first-order valence-corrected chi connectivity index (χ1v) is 9.58. The lowest BCUT2D eigenvalue weighted by molar-refractivity contribution is -0.117. The minimum Gasteiger partial charge on any atom is -0.368 e. The minimum atomic E-state index is -0.622. The highest BCUT2D eigenvalue weighted by Gasteiger charge is 2.09. The maximum absolute atomic E-state index is 12.3. The van der Waals surface area contributed by atoms with E-state index in [1.807, 2.05) is 36.4 Å². The van der Waals surface area contributed by atoms with Crippen molar-refractivity contribution in [3.8, 4) is 0 Å². The topological polar surface area (TPSA) is 101 Å². The lowest BCUT2D eigenvalue weighted by Crippen LogP contribution is -2.33. The monoisotopic (exact) mass is 393 g/mol. The zero-order valence-corrected chi connectivity index (χ0v) is 15.8. The first-order valence-electron chi connectivity index (χ1n) is 8.59. The van der Waals surface area contributed by atoms with E-state index in [1.54, 1.807) is 24.3 Å². The van der Waals surface area contributed by atoms with Crippen LogP contribution in [0.5, 0.6) is 0 Å². The standard InChI is InChI=1S/C21H19N3O3S/c22-19(25)12-23-21(27)16-6-3-7-17(10-16)24-20(26)13-28-18-9-8-14-4-1-2-5-15(14)11-18/h1-11H,12-13H2,(H2,22,25)(H,23,27)(H,24,26). The Kier molecular flexibility index (Phi) is 6.29. The Morgan fingerprint density at radius 2 is 1.68 bits per heavy atom. The molecule has 0 atom stereocenters. The fourth-order valence-corrected chi connectivity index (χ4v) is 3.36. The van der Waals surface area contributed by atoms with E-state index in [4.69, 9.17) is 5.73 Å². The number of benzene rings is 3. The Hall–Kier alpha value is -3.32. The first-order chi connectivity index (χ1) is 13.5. The van der Waals surface area contributed by atoms with Crippen LogP contribution in [0.2, 0.25) is 0 Å². The summed E-state index contributed by atoms with van der Waals surface area (Å²) in [6.07, 6.45) is 0. The van der Waals surface area contributed by atoms with Gasteiger partial charge >= 0.3 is 0 Å². The van der Waals surface area contributed by atoms with Gasteiger partial charge in [0.2, 0.25) is 11.8 Å². The Morgan fingerprint density at radius 1 is 0.893 bits per heavy atom. The number of hydrogen-bond acceptors (Lipinski definition) is 4. The van der Waals surface area contributed by atoms with Gasteiger partial charge in [0.1, 0.15) is 0 Å². The van der Waals surface area contributed by atoms with Crippen molar-refractivity contribution < 1.29 is 14.4 Å². The molecule has 0 aliphatic rings. The summed E-state index contributed by atoms with van der Waals surface area (Å²) >= 11 is 1.44. The van der Waals surface area contributed by atoms with Crippen molar-refractivity contribution in [3.63, 3.8) is 0 Å². The van der Waals surface area contributed by atoms with Gasteiger partial charge in [0, 0.05) is 16.1 Å². The molecule has 0 unspecified atom stereocenters. The third-order valence-corrected chi connectivity index (χ3v) is 4.92. The zero-order valence-electron chi connectivity index (χ0n) is 15.0. The second-order valence-corrected chi connectivity index (χ2v) is 7.12. The van der Waals surface area contributed by atoms with Crippen LogP contribution in [0.3, 0.4) is 0 Å². The molecular formula is C21H19N3O3S. The highest BCUT2D eigenvalue weighted by molar-refractivity contribution is 8.00. The zero-order chi connectivity index (χ0) is 19.9. The molecule has 0 bridgehead atoms. The van der Waals surface area contributed by atoms with Gasteiger partial charge in [0.25, 0.3) is 5.91 Å². The number of anilines is 1. The fourth-order valence-electron chi connectivity index (χ4n) is 2.61. The van der Waals surface area contributed by atoms with Gasteiger partial charge in [-0.3, -0.25) is 14.4 Å². The molecule has 0 saturated heterocycles. The Bertz CT molecular complexity index is 1040. The molecule has 0 fully saturated rings. The Labute approximate surface area is 166 Å². The molecule has 28 heavy (non-hydrogen) atoms. The molecule has 3 rings (SSSR count). The molecule has 3 aromatic rings. The molecule has 3 amide bonds. The van der Waals surface area contributed by atoms with Crippen LogP contribution in [0.25, 0.3) is 10.8 Å². The normalized spacial score (nSPS) is 10.4. The second kappa shape index (κ2) is 9.05. The second-order valence-electron chi connectivity index (χ2n) is 6.08. The van der Waals surface area contributed by atoms with E-state index >= 15 is 0 Å². The number of carbonyl (C=O) groups excluding carboxylic acids is 3. The molecule has 3 aromatic carbocycles. The third-order valence-electron chi connectivity index (χ3n) is 3.92. The molecular weight excluding hydrogens is 374 g/mol. The van der Waals surface area contributed by atoms with Crippen LogP contribution in [0.15, 0.2) is 71.6 Å². The van der Waals surface area contributed by atoms with Crippen LogP contribution in [-0.2, 0) is 9.59 Å². The van der Waals surface area contributed by atoms with Gasteiger partial charge in [-0.2, -0.15) is 0 Å². The van der Waals surface area contributed by atoms with Crippen LogP contribution in [0, 0.1) is 0 Å². The number of primary amides is 1. The quantitative estimate of drug-likeness (QED) is 0.537. The molecule has 0 radical (unpaired) electrons. The number of hydrogen-bond donors (Lipinski definition) is 3. The van der Waals surface area contributed by atoms with E-state index in [-0.39, 0.29) is 18.2 Å². The molecule has 4 N–H and O–H groups in total. The smallest absolute Gasteiger partial charge is 0.251 e. The number of rotatable bonds is 7. The van der Waals surface area contributed by atoms with Crippen molar-refractivity contribution in [1.29, 1.82) is 0 Å². The van der Waals surface area contributed by atoms with Crippen molar-refractivity contribution >= 4 is 45.9 Å². The lowest BCUT2D eigenvalue weighted by Gasteiger charge is -2.08. The van der Waals surface area contributed by atoms with E-state index in [9.17, 15) is 14.4 Å². The molecule has 0 heterocycles. The van der Waals surface area contributed by atoms with E-state index < -0.39 is 11.8 Å². The van der Waals surface area contributed by atoms with Gasteiger partial charge in [-0.15, -0.1) is 11.8 Å². The average Bonchev–Trinajstić information content (AvgIpc) is 2.70. The van der Waals surface area contributed by atoms with Gasteiger partial charge in [-0.25, -0.2) is 0 Å². The number of thioether (sulfide) groups is 1. The van der Waals surface area contributed by atoms with E-state index in [2.05, 4.69) is 16.7 Å². The van der Waals surface area contributed by atoms with Gasteiger partial charge in [-0.05, 0) is 41.1 Å². The van der Waals surface area contributed by atoms with Crippen LogP contribution in [0.1, 0.15) is 10.4 Å². The van der Waals surface area contributed by atoms with Crippen molar-refractivity contribution in [1.82, 2.24) is 5.32 Å². The average molecular weight is 393 g/mol. The summed E-state index contributed by atoms with van der Waals surface area (Å²) in [5, 5.41) is 7.47. The molecule has 6 nitrogen and oxygen atoms in total. The van der Waals surface area contributed by atoms with Crippen LogP contribution >= 0.6 is 11.8 Å². The fraction of sp³-hybridized carbons (Fsp3) is 0.0952. The molecule has 0 saturated carbocycles. The summed E-state index contributed by atoms with van der Waals surface area (Å²) in [6.45, 7) is -0.238. The highest BCUT2D eigenvalue weighted by atomic mass is 32.2. The number of nitrogens with one attached hydrogen (secondary N) is 2. The molecule has 0 aromatic heterocycles. The third kappa shape index (κ3) is 5.34. The van der Waals surface area contributed by atoms with Gasteiger partial charge < -0.3 is 16.4 Å². The van der Waals surface area contributed by atoms with Crippen LogP contribution in [0.4, 0.5) is 5.69 Å². The van der Waals surface area contributed by atoms with Crippen molar-refractivity contribution in [2.45, 2.75) is 4.90 Å². The lowest BCUT2D eigenvalue weighted by atomic mass is 10.1. The van der Waals surface area contributed by atoms with Crippen molar-refractivity contribution in [3.05, 3.63) is 72.3 Å². The summed E-state index contributed by atoms with van der Waals surface area (Å²) in [4.78, 5) is 36.0. The number of carbonyl (C=O) groups is 3. The summed E-state index contributed by atoms with van der Waals surface area (Å²) in [5.74, 6) is -0.979. The Balaban J connectivity index is 1.57. The maximum atomic E-state index is 12.3. The van der Waals surface area contributed by atoms with E-state index in [1.165, 1.54) is 11.8 Å². The van der Waals surface area contributed by atoms with Crippen molar-refractivity contribution in [2.75, 3.05) is 17.6 Å². The SMILES string of the molecule is NC(=O)CNC(=O)c1cccc(NC(=O)CSc2ccc3ccccc3c2)c1. The van der Waals surface area contributed by atoms with Gasteiger partial charge in [-0.1, -0.05) is 36.4 Å². The van der Waals surface area contributed by atoms with E-state index in [0.29, 0.717) is 11.3 Å². The summed E-state index contributed by atoms with van der Waals surface area (Å²) < 4.78 is 0. The Morgan fingerprint density at radius 3 is 2.46 bits per heavy atom. The summed E-state index contributed by atoms with van der Waals surface area (Å²) in [6, 6.07) is 20.6. The minimum absolute atomic E-state index is 0.173. The van der Waals surface area contributed by atoms with Crippen molar-refractivity contribution in [2.24, 2.45) is 5.73 Å². The van der Waals surface area contributed by atoms with Crippen LogP contribution < -0.4 is 16.4 Å². The first kappa shape index (κ1) is 19.4. The molecule has 142 valence electrons. The van der Waals surface area contributed by atoms with E-state index in [0.717, 1.165) is 15.7 Å². The molecule has 0 aliphatic heterocycles.